The Balaban J connectivity index is 2.27. The summed E-state index contributed by atoms with van der Waals surface area (Å²) in [6.45, 7) is 1.42. The Labute approximate surface area is 153 Å². The summed E-state index contributed by atoms with van der Waals surface area (Å²) >= 11 is 0. The predicted molar refractivity (Wildman–Crippen MR) is 98.0 cm³/mol. The molecule has 2 aromatic carbocycles. The first-order valence-electron chi connectivity index (χ1n) is 8.04. The van der Waals surface area contributed by atoms with Crippen molar-refractivity contribution < 1.29 is 23.1 Å². The van der Waals surface area contributed by atoms with Gasteiger partial charge in [0.1, 0.15) is 6.54 Å². The van der Waals surface area contributed by atoms with Crippen molar-refractivity contribution in [2.24, 2.45) is 0 Å². The molecule has 1 amide bonds. The van der Waals surface area contributed by atoms with Crippen LogP contribution in [0.25, 0.3) is 0 Å². The van der Waals surface area contributed by atoms with E-state index in [-0.39, 0.29) is 17.0 Å². The zero-order valence-corrected chi connectivity index (χ0v) is 15.5. The third kappa shape index (κ3) is 5.16. The lowest BCUT2D eigenvalue weighted by Crippen LogP contribution is -2.37. The van der Waals surface area contributed by atoms with Crippen LogP contribution in [-0.4, -0.2) is 49.6 Å². The molecule has 6 nitrogen and oxygen atoms in total. The van der Waals surface area contributed by atoms with Crippen LogP contribution in [0.4, 0.5) is 0 Å². The molecule has 2 aromatic rings. The van der Waals surface area contributed by atoms with Crippen molar-refractivity contribution in [3.05, 3.63) is 65.2 Å². The number of benzene rings is 2. The first-order chi connectivity index (χ1) is 12.2. The number of sulfone groups is 1. The average Bonchev–Trinajstić information content (AvgIpc) is 2.58. The Morgan fingerprint density at radius 3 is 2.31 bits per heavy atom. The molecule has 0 radical (unpaired) electrons. The normalized spacial score (nSPS) is 11.2. The molecule has 26 heavy (non-hydrogen) atoms. The molecule has 0 aliphatic rings. The standard InChI is InChI=1S/C19H21NO5S/c1-14-8-9-16(12-17(14)26(2,24)25)19(23)20(13-18(21)22)11-10-15-6-4-3-5-7-15/h3-9,12H,10-11,13H2,1-2H3,(H,21,22). The Bertz CT molecular complexity index is 907. The molecular weight excluding hydrogens is 354 g/mol. The maximum Gasteiger partial charge on any atom is 0.323 e. The lowest BCUT2D eigenvalue weighted by Gasteiger charge is -2.21. The highest BCUT2D eigenvalue weighted by Gasteiger charge is 2.21. The van der Waals surface area contributed by atoms with Crippen LogP contribution in [0.15, 0.2) is 53.4 Å². The van der Waals surface area contributed by atoms with Crippen LogP contribution < -0.4 is 0 Å². The molecule has 138 valence electrons. The lowest BCUT2D eigenvalue weighted by molar-refractivity contribution is -0.137. The summed E-state index contributed by atoms with van der Waals surface area (Å²) in [6.07, 6.45) is 1.58. The van der Waals surface area contributed by atoms with Gasteiger partial charge in [-0.2, -0.15) is 0 Å². The summed E-state index contributed by atoms with van der Waals surface area (Å²) in [4.78, 5) is 25.2. The van der Waals surface area contributed by atoms with Gasteiger partial charge in [-0.05, 0) is 36.6 Å². The fraction of sp³-hybridized carbons (Fsp3) is 0.263. The Morgan fingerprint density at radius 2 is 1.73 bits per heavy atom. The van der Waals surface area contributed by atoms with E-state index >= 15 is 0 Å². The van der Waals surface area contributed by atoms with Gasteiger partial charge in [0.2, 0.25) is 0 Å². The summed E-state index contributed by atoms with van der Waals surface area (Å²) in [6, 6.07) is 13.8. The van der Waals surface area contributed by atoms with Crippen molar-refractivity contribution in [2.45, 2.75) is 18.2 Å². The number of rotatable bonds is 7. The van der Waals surface area contributed by atoms with Crippen molar-refractivity contribution in [3.8, 4) is 0 Å². The van der Waals surface area contributed by atoms with E-state index in [4.69, 9.17) is 5.11 Å². The number of carbonyl (C=O) groups excluding carboxylic acids is 1. The van der Waals surface area contributed by atoms with Gasteiger partial charge in [0, 0.05) is 18.4 Å². The molecule has 1 N–H and O–H groups in total. The van der Waals surface area contributed by atoms with Gasteiger partial charge in [0.05, 0.1) is 4.90 Å². The van der Waals surface area contributed by atoms with Gasteiger partial charge in [-0.1, -0.05) is 36.4 Å². The second-order valence-electron chi connectivity index (χ2n) is 6.11. The van der Waals surface area contributed by atoms with E-state index in [0.717, 1.165) is 11.8 Å². The molecule has 0 aromatic heterocycles. The van der Waals surface area contributed by atoms with Crippen LogP contribution in [0.5, 0.6) is 0 Å². The Kier molecular flexibility index (Phi) is 6.15. The molecule has 0 saturated heterocycles. The molecule has 0 fully saturated rings. The van der Waals surface area contributed by atoms with Gasteiger partial charge >= 0.3 is 5.97 Å². The first-order valence-corrected chi connectivity index (χ1v) is 9.93. The minimum absolute atomic E-state index is 0.0710. The minimum atomic E-state index is -3.48. The van der Waals surface area contributed by atoms with Crippen molar-refractivity contribution in [2.75, 3.05) is 19.3 Å². The highest BCUT2D eigenvalue weighted by Crippen LogP contribution is 2.18. The van der Waals surface area contributed by atoms with Crippen molar-refractivity contribution in [3.63, 3.8) is 0 Å². The van der Waals surface area contributed by atoms with Crippen molar-refractivity contribution >= 4 is 21.7 Å². The number of carbonyl (C=O) groups is 2. The van der Waals surface area contributed by atoms with Crippen molar-refractivity contribution in [1.82, 2.24) is 4.90 Å². The number of aryl methyl sites for hydroxylation is 1. The molecule has 0 spiro atoms. The Hall–Kier alpha value is -2.67. The highest BCUT2D eigenvalue weighted by atomic mass is 32.2. The number of aliphatic carboxylic acids is 1. The maximum atomic E-state index is 12.8. The zero-order valence-electron chi connectivity index (χ0n) is 14.7. The van der Waals surface area contributed by atoms with Gasteiger partial charge in [0.15, 0.2) is 9.84 Å². The third-order valence-corrected chi connectivity index (χ3v) is 5.20. The van der Waals surface area contributed by atoms with Crippen LogP contribution in [0.2, 0.25) is 0 Å². The second-order valence-corrected chi connectivity index (χ2v) is 8.09. The number of amides is 1. The van der Waals surface area contributed by atoms with E-state index < -0.39 is 28.3 Å². The molecule has 0 aliphatic carbocycles. The number of hydrogen-bond donors (Lipinski definition) is 1. The number of nitrogens with zero attached hydrogens (tertiary/aromatic N) is 1. The fourth-order valence-corrected chi connectivity index (χ4v) is 3.63. The second kappa shape index (κ2) is 8.14. The van der Waals surface area contributed by atoms with Crippen LogP contribution in [-0.2, 0) is 21.1 Å². The van der Waals surface area contributed by atoms with Gasteiger partial charge in [-0.25, -0.2) is 8.42 Å². The average molecular weight is 375 g/mol. The predicted octanol–water partition coefficient (Wildman–Crippen LogP) is 2.17. The van der Waals surface area contributed by atoms with E-state index in [1.165, 1.54) is 17.0 Å². The van der Waals surface area contributed by atoms with E-state index in [9.17, 15) is 18.0 Å². The third-order valence-electron chi connectivity index (χ3n) is 3.96. The Morgan fingerprint density at radius 1 is 1.08 bits per heavy atom. The molecule has 0 bridgehead atoms. The summed E-state index contributed by atoms with van der Waals surface area (Å²) in [5, 5.41) is 9.12. The summed E-state index contributed by atoms with van der Waals surface area (Å²) in [5.41, 5.74) is 1.68. The first kappa shape index (κ1) is 19.7. The molecule has 0 saturated carbocycles. The zero-order chi connectivity index (χ0) is 19.3. The summed E-state index contributed by atoms with van der Waals surface area (Å²) in [5.74, 6) is -1.63. The van der Waals surface area contributed by atoms with Crippen LogP contribution >= 0.6 is 0 Å². The smallest absolute Gasteiger partial charge is 0.323 e. The molecule has 0 aliphatic heterocycles. The van der Waals surface area contributed by atoms with Gasteiger partial charge in [-0.3, -0.25) is 9.59 Å². The van der Waals surface area contributed by atoms with Crippen LogP contribution in [0.3, 0.4) is 0 Å². The molecule has 0 heterocycles. The van der Waals surface area contributed by atoms with Gasteiger partial charge in [-0.15, -0.1) is 0 Å². The summed E-state index contributed by atoms with van der Waals surface area (Å²) in [7, 11) is -3.48. The highest BCUT2D eigenvalue weighted by molar-refractivity contribution is 7.90. The van der Waals surface area contributed by atoms with Crippen molar-refractivity contribution in [1.29, 1.82) is 0 Å². The maximum absolute atomic E-state index is 12.8. The molecule has 0 atom stereocenters. The number of hydrogen-bond acceptors (Lipinski definition) is 4. The molecule has 7 heteroatoms. The molecular formula is C19H21NO5S. The van der Waals surface area contributed by atoms with Crippen LogP contribution in [0.1, 0.15) is 21.5 Å². The number of carboxylic acids is 1. The lowest BCUT2D eigenvalue weighted by atomic mass is 10.1. The van der Waals surface area contributed by atoms with E-state index in [2.05, 4.69) is 0 Å². The van der Waals surface area contributed by atoms with Gasteiger partial charge in [0.25, 0.3) is 5.91 Å². The van der Waals surface area contributed by atoms with E-state index in [1.54, 1.807) is 13.0 Å². The monoisotopic (exact) mass is 375 g/mol. The van der Waals surface area contributed by atoms with E-state index in [0.29, 0.717) is 12.0 Å². The van der Waals surface area contributed by atoms with Crippen LogP contribution in [0, 0.1) is 6.92 Å². The topological polar surface area (TPSA) is 91.8 Å². The largest absolute Gasteiger partial charge is 0.480 e. The molecule has 0 unspecified atom stereocenters. The number of carboxylic acid groups (broad SMARTS) is 1. The summed E-state index contributed by atoms with van der Waals surface area (Å²) < 4.78 is 23.7. The minimum Gasteiger partial charge on any atom is -0.480 e. The fourth-order valence-electron chi connectivity index (χ4n) is 2.64. The SMILES string of the molecule is Cc1ccc(C(=O)N(CCc2ccccc2)CC(=O)O)cc1S(C)(=O)=O. The molecule has 2 rings (SSSR count). The van der Waals surface area contributed by atoms with Gasteiger partial charge < -0.3 is 10.0 Å². The quantitative estimate of drug-likeness (QED) is 0.801. The van der Waals surface area contributed by atoms with E-state index in [1.807, 2.05) is 30.3 Å².